The number of hydrogen-bond acceptors (Lipinski definition) is 2. The van der Waals surface area contributed by atoms with Gasteiger partial charge in [-0.05, 0) is 25.8 Å². The minimum atomic E-state index is -1.55. The van der Waals surface area contributed by atoms with E-state index < -0.39 is 6.08 Å². The van der Waals surface area contributed by atoms with Crippen molar-refractivity contribution in [3.63, 3.8) is 0 Å². The molecule has 2 aliphatic heterocycles. The zero-order valence-electron chi connectivity index (χ0n) is 9.39. The molecule has 15 heavy (non-hydrogen) atoms. The second kappa shape index (κ2) is 5.03. The van der Waals surface area contributed by atoms with Crippen LogP contribution in [0.15, 0.2) is 11.7 Å². The maximum absolute atomic E-state index is 12.3. The Balaban J connectivity index is 0.000000531. The van der Waals surface area contributed by atoms with E-state index in [4.69, 9.17) is 0 Å². The van der Waals surface area contributed by atoms with Gasteiger partial charge < -0.3 is 5.11 Å². The summed E-state index contributed by atoms with van der Waals surface area (Å²) in [4.78, 5) is 1.99. The zero-order chi connectivity index (χ0) is 11.5. The fourth-order valence-electron chi connectivity index (χ4n) is 2.49. The third-order valence-corrected chi connectivity index (χ3v) is 3.23. The summed E-state index contributed by atoms with van der Waals surface area (Å²) in [7, 11) is 0. The smallest absolute Gasteiger partial charge is 0.270 e. The summed E-state index contributed by atoms with van der Waals surface area (Å²) >= 11 is 0. The molecular formula is C11H19F2NO. The Morgan fingerprint density at radius 3 is 2.60 bits per heavy atom. The van der Waals surface area contributed by atoms with Crippen molar-refractivity contribution in [2.24, 2.45) is 0 Å². The molecule has 0 aromatic heterocycles. The summed E-state index contributed by atoms with van der Waals surface area (Å²) < 4.78 is 24.6. The van der Waals surface area contributed by atoms with Gasteiger partial charge in [-0.25, -0.2) is 0 Å². The molecule has 0 unspecified atom stereocenters. The summed E-state index contributed by atoms with van der Waals surface area (Å²) in [6.45, 7) is 5.20. The van der Waals surface area contributed by atoms with Crippen molar-refractivity contribution in [3.8, 4) is 0 Å². The van der Waals surface area contributed by atoms with Crippen LogP contribution in [-0.2, 0) is 0 Å². The molecule has 0 spiro atoms. The molecule has 2 heterocycles. The Morgan fingerprint density at radius 2 is 2.13 bits per heavy atom. The average molecular weight is 219 g/mol. The Kier molecular flexibility index (Phi) is 4.22. The number of fused-ring (bicyclic) bond motifs is 1. The second-order valence-electron chi connectivity index (χ2n) is 3.95. The first-order valence-corrected chi connectivity index (χ1v) is 5.57. The highest BCUT2D eigenvalue weighted by atomic mass is 19.3. The molecule has 0 bridgehead atoms. The molecule has 2 fully saturated rings. The van der Waals surface area contributed by atoms with Crippen LogP contribution in [0.3, 0.4) is 0 Å². The quantitative estimate of drug-likeness (QED) is 0.732. The Morgan fingerprint density at radius 1 is 1.47 bits per heavy atom. The second-order valence-corrected chi connectivity index (χ2v) is 3.95. The number of hydrogen-bond donors (Lipinski definition) is 1. The van der Waals surface area contributed by atoms with E-state index in [1.165, 1.54) is 0 Å². The Bertz CT molecular complexity index is 251. The van der Waals surface area contributed by atoms with Gasteiger partial charge >= 0.3 is 0 Å². The van der Waals surface area contributed by atoms with Crippen molar-refractivity contribution in [2.45, 2.75) is 38.6 Å². The lowest BCUT2D eigenvalue weighted by Crippen LogP contribution is -2.41. The van der Waals surface area contributed by atoms with Gasteiger partial charge in [0.25, 0.3) is 6.08 Å². The van der Waals surface area contributed by atoms with Crippen LogP contribution in [0, 0.1) is 0 Å². The third kappa shape index (κ3) is 2.21. The molecule has 0 radical (unpaired) electrons. The van der Waals surface area contributed by atoms with E-state index in [0.29, 0.717) is 13.0 Å². The van der Waals surface area contributed by atoms with Crippen molar-refractivity contribution in [1.82, 2.24) is 4.90 Å². The van der Waals surface area contributed by atoms with Crippen LogP contribution in [0.4, 0.5) is 8.78 Å². The van der Waals surface area contributed by atoms with E-state index in [2.05, 4.69) is 0 Å². The van der Waals surface area contributed by atoms with Crippen molar-refractivity contribution < 1.29 is 13.9 Å². The first kappa shape index (κ1) is 12.6. The summed E-state index contributed by atoms with van der Waals surface area (Å²) in [6, 6.07) is 0. The lowest BCUT2D eigenvalue weighted by atomic mass is 9.94. The molecule has 2 rings (SSSR count). The van der Waals surface area contributed by atoms with E-state index in [1.807, 2.05) is 18.7 Å². The molecule has 0 aliphatic carbocycles. The normalized spacial score (nSPS) is 29.8. The van der Waals surface area contributed by atoms with Gasteiger partial charge in [0, 0.05) is 17.7 Å². The van der Waals surface area contributed by atoms with E-state index in [-0.39, 0.29) is 17.7 Å². The minimum absolute atomic E-state index is 0.00375. The van der Waals surface area contributed by atoms with Gasteiger partial charge in [-0.1, -0.05) is 13.8 Å². The number of aliphatic hydroxyl groups is 1. The maximum atomic E-state index is 12.3. The fraction of sp³-hybridized carbons (Fsp3) is 0.818. The van der Waals surface area contributed by atoms with Gasteiger partial charge in [0.05, 0.1) is 6.61 Å². The van der Waals surface area contributed by atoms with Crippen LogP contribution in [0.2, 0.25) is 0 Å². The van der Waals surface area contributed by atoms with Crippen molar-refractivity contribution in [2.75, 3.05) is 19.7 Å². The number of rotatable bonds is 1. The van der Waals surface area contributed by atoms with Gasteiger partial charge in [0.1, 0.15) is 0 Å². The molecule has 1 atom stereocenters. The highest BCUT2D eigenvalue weighted by Crippen LogP contribution is 2.42. The van der Waals surface area contributed by atoms with Crippen LogP contribution in [-0.4, -0.2) is 35.2 Å². The summed E-state index contributed by atoms with van der Waals surface area (Å²) in [5.74, 6) is 0. The minimum Gasteiger partial charge on any atom is -0.394 e. The Labute approximate surface area is 89.6 Å². The van der Waals surface area contributed by atoms with Crippen molar-refractivity contribution in [3.05, 3.63) is 11.7 Å². The number of aliphatic hydroxyl groups excluding tert-OH is 1. The van der Waals surface area contributed by atoms with Gasteiger partial charge in [-0.3, -0.25) is 4.90 Å². The number of halogens is 2. The maximum Gasteiger partial charge on any atom is 0.270 e. The van der Waals surface area contributed by atoms with Gasteiger partial charge in [-0.2, -0.15) is 8.78 Å². The van der Waals surface area contributed by atoms with Gasteiger partial charge in [0.2, 0.25) is 0 Å². The van der Waals surface area contributed by atoms with Crippen LogP contribution in [0.25, 0.3) is 0 Å². The average Bonchev–Trinajstić information content (AvgIpc) is 2.76. The Hall–Kier alpha value is -0.480. The molecule has 0 saturated carbocycles. The summed E-state index contributed by atoms with van der Waals surface area (Å²) in [6.07, 6.45) is 0.663. The summed E-state index contributed by atoms with van der Waals surface area (Å²) in [5.41, 5.74) is -0.132. The molecule has 0 amide bonds. The van der Waals surface area contributed by atoms with E-state index >= 15 is 0 Å². The van der Waals surface area contributed by atoms with Crippen LogP contribution in [0.1, 0.15) is 33.1 Å². The van der Waals surface area contributed by atoms with Crippen molar-refractivity contribution >= 4 is 0 Å². The molecular weight excluding hydrogens is 200 g/mol. The van der Waals surface area contributed by atoms with Gasteiger partial charge in [-0.15, -0.1) is 0 Å². The van der Waals surface area contributed by atoms with Crippen LogP contribution in [0.5, 0.6) is 0 Å². The first-order valence-electron chi connectivity index (χ1n) is 5.57. The standard InChI is InChI=1S/C9H13F2NO.C2H6/c10-8(11)7-4-9(6-13)2-1-3-12(9)5-7;1-2/h13H,1-6H2;1-2H3/t9-;/m0./s1. The highest BCUT2D eigenvalue weighted by Gasteiger charge is 2.46. The molecule has 0 aromatic carbocycles. The predicted molar refractivity (Wildman–Crippen MR) is 55.8 cm³/mol. The molecule has 1 N–H and O–H groups in total. The first-order chi connectivity index (χ1) is 7.18. The molecule has 4 heteroatoms. The largest absolute Gasteiger partial charge is 0.394 e. The molecule has 88 valence electrons. The molecule has 2 saturated heterocycles. The highest BCUT2D eigenvalue weighted by molar-refractivity contribution is 5.20. The van der Waals surface area contributed by atoms with Crippen LogP contribution >= 0.6 is 0 Å². The fourth-order valence-corrected chi connectivity index (χ4v) is 2.49. The lowest BCUT2D eigenvalue weighted by molar-refractivity contribution is 0.0999. The third-order valence-electron chi connectivity index (χ3n) is 3.23. The van der Waals surface area contributed by atoms with E-state index in [9.17, 15) is 13.9 Å². The lowest BCUT2D eigenvalue weighted by Gasteiger charge is -2.28. The van der Waals surface area contributed by atoms with Crippen LogP contribution < -0.4 is 0 Å². The monoisotopic (exact) mass is 219 g/mol. The SMILES string of the molecule is CC.OC[C@@]12CCCN1CC(=C(F)F)C2. The topological polar surface area (TPSA) is 23.5 Å². The number of nitrogens with zero attached hydrogens (tertiary/aromatic N) is 1. The van der Waals surface area contributed by atoms with E-state index in [1.54, 1.807) is 0 Å². The molecule has 2 aliphatic rings. The van der Waals surface area contributed by atoms with E-state index in [0.717, 1.165) is 19.4 Å². The molecule has 0 aromatic rings. The van der Waals surface area contributed by atoms with Crippen molar-refractivity contribution in [1.29, 1.82) is 0 Å². The van der Waals surface area contributed by atoms with Gasteiger partial charge in [0.15, 0.2) is 0 Å². The predicted octanol–water partition coefficient (Wildman–Crippen LogP) is 2.39. The zero-order valence-corrected chi connectivity index (χ0v) is 9.39. The molecule has 2 nitrogen and oxygen atoms in total. The summed E-state index contributed by atoms with van der Waals surface area (Å²) in [5, 5.41) is 9.22.